The summed E-state index contributed by atoms with van der Waals surface area (Å²) >= 11 is 0. The lowest BCUT2D eigenvalue weighted by atomic mass is 10.4. The number of hydrogen-bond acceptors (Lipinski definition) is 4. The van der Waals surface area contributed by atoms with Crippen LogP contribution in [0.2, 0.25) is 0 Å². The second-order valence-corrected chi connectivity index (χ2v) is 2.26. The minimum absolute atomic E-state index is 0.375. The fourth-order valence-corrected chi connectivity index (χ4v) is 0.358. The van der Waals surface area contributed by atoms with Crippen LogP contribution in [0.5, 0.6) is 0 Å². The van der Waals surface area contributed by atoms with E-state index >= 15 is 0 Å². The number of furan rings is 1. The number of rotatable bonds is 2. The zero-order valence-corrected chi connectivity index (χ0v) is 7.14. The van der Waals surface area contributed by atoms with E-state index in [4.69, 9.17) is 10.8 Å². The highest BCUT2D eigenvalue weighted by Crippen LogP contribution is 1.92. The van der Waals surface area contributed by atoms with E-state index < -0.39 is 12.0 Å². The van der Waals surface area contributed by atoms with E-state index in [0.29, 0.717) is 12.0 Å². The Morgan fingerprint density at radius 1 is 1.77 bits per heavy atom. The first-order valence-corrected chi connectivity index (χ1v) is 3.55. The molecule has 0 aliphatic carbocycles. The number of hydrogen-bond donors (Lipinski definition) is 2. The van der Waals surface area contributed by atoms with Crippen molar-refractivity contribution in [3.05, 3.63) is 24.2 Å². The minimum Gasteiger partial charge on any atom is -0.480 e. The zero-order chi connectivity index (χ0) is 10.3. The van der Waals surface area contributed by atoms with Gasteiger partial charge in [0.05, 0.1) is 6.26 Å². The van der Waals surface area contributed by atoms with Crippen molar-refractivity contribution in [3.8, 4) is 0 Å². The molecule has 3 N–H and O–H groups in total. The maximum atomic E-state index is 9.77. The predicted octanol–water partition coefficient (Wildman–Crippen LogP) is 0.510. The molecule has 0 amide bonds. The van der Waals surface area contributed by atoms with Crippen LogP contribution in [0, 0.1) is 0 Å². The van der Waals surface area contributed by atoms with Gasteiger partial charge < -0.3 is 15.3 Å². The SMILES string of the molecule is CC(N)C(=O)O.O=Cc1ccco1. The molecule has 1 aromatic heterocycles. The second-order valence-electron chi connectivity index (χ2n) is 2.26. The van der Waals surface area contributed by atoms with Gasteiger partial charge >= 0.3 is 5.97 Å². The van der Waals surface area contributed by atoms with Gasteiger partial charge in [0.1, 0.15) is 6.04 Å². The molecule has 0 saturated carbocycles. The van der Waals surface area contributed by atoms with Crippen molar-refractivity contribution < 1.29 is 19.1 Å². The summed E-state index contributed by atoms with van der Waals surface area (Å²) in [4.78, 5) is 19.3. The Morgan fingerprint density at radius 3 is 2.46 bits per heavy atom. The van der Waals surface area contributed by atoms with Crippen LogP contribution in [-0.4, -0.2) is 23.4 Å². The lowest BCUT2D eigenvalue weighted by Crippen LogP contribution is -2.25. The summed E-state index contributed by atoms with van der Waals surface area (Å²) in [5.74, 6) is -0.588. The van der Waals surface area contributed by atoms with Crippen LogP contribution in [0.15, 0.2) is 22.8 Å². The van der Waals surface area contributed by atoms with Gasteiger partial charge in [-0.15, -0.1) is 0 Å². The van der Waals surface area contributed by atoms with Crippen LogP contribution in [0.25, 0.3) is 0 Å². The van der Waals surface area contributed by atoms with Gasteiger partial charge in [-0.1, -0.05) is 0 Å². The molecule has 0 aromatic carbocycles. The standard InChI is InChI=1S/C5H4O2.C3H7NO2/c6-4-5-2-1-3-7-5;1-2(4)3(5)6/h1-4H;2H,4H2,1H3,(H,5,6). The number of aldehydes is 1. The smallest absolute Gasteiger partial charge is 0.320 e. The summed E-state index contributed by atoms with van der Waals surface area (Å²) in [6.07, 6.45) is 2.13. The highest BCUT2D eigenvalue weighted by Gasteiger charge is 1.99. The van der Waals surface area contributed by atoms with Crippen molar-refractivity contribution in [3.63, 3.8) is 0 Å². The van der Waals surface area contributed by atoms with E-state index in [2.05, 4.69) is 4.42 Å². The first kappa shape index (κ1) is 11.4. The summed E-state index contributed by atoms with van der Waals surface area (Å²) in [6.45, 7) is 1.42. The lowest BCUT2D eigenvalue weighted by molar-refractivity contribution is -0.138. The van der Waals surface area contributed by atoms with Crippen molar-refractivity contribution in [2.45, 2.75) is 13.0 Å². The normalized spacial score (nSPS) is 10.9. The van der Waals surface area contributed by atoms with Gasteiger partial charge in [0.15, 0.2) is 12.0 Å². The van der Waals surface area contributed by atoms with Crippen molar-refractivity contribution in [1.82, 2.24) is 0 Å². The highest BCUT2D eigenvalue weighted by atomic mass is 16.4. The molecule has 1 rings (SSSR count). The van der Waals surface area contributed by atoms with Crippen molar-refractivity contribution in [1.29, 1.82) is 0 Å². The molecule has 0 aliphatic rings. The number of carboxylic acid groups (broad SMARTS) is 1. The van der Waals surface area contributed by atoms with Gasteiger partial charge in [0, 0.05) is 0 Å². The molecule has 13 heavy (non-hydrogen) atoms. The van der Waals surface area contributed by atoms with Crippen molar-refractivity contribution in [2.24, 2.45) is 5.73 Å². The Balaban J connectivity index is 0.000000226. The third-order valence-electron chi connectivity index (χ3n) is 1.05. The van der Waals surface area contributed by atoms with Crippen molar-refractivity contribution >= 4 is 12.3 Å². The molecule has 1 atom stereocenters. The van der Waals surface area contributed by atoms with E-state index in [1.165, 1.54) is 13.2 Å². The number of carbonyl (C=O) groups excluding carboxylic acids is 1. The molecule has 1 aromatic rings. The van der Waals surface area contributed by atoms with Gasteiger partial charge in [-0.2, -0.15) is 0 Å². The molecule has 5 heteroatoms. The molecular weight excluding hydrogens is 174 g/mol. The van der Waals surface area contributed by atoms with Crippen LogP contribution in [-0.2, 0) is 4.79 Å². The quantitative estimate of drug-likeness (QED) is 0.654. The minimum atomic E-state index is -0.963. The first-order valence-electron chi connectivity index (χ1n) is 3.55. The zero-order valence-electron chi connectivity index (χ0n) is 7.14. The van der Waals surface area contributed by atoms with Gasteiger partial charge in [-0.3, -0.25) is 9.59 Å². The maximum Gasteiger partial charge on any atom is 0.320 e. The van der Waals surface area contributed by atoms with Crippen LogP contribution in [0.1, 0.15) is 17.5 Å². The molecule has 0 radical (unpaired) electrons. The summed E-state index contributed by atoms with van der Waals surface area (Å²) in [5.41, 5.74) is 4.84. The Labute approximate surface area is 75.1 Å². The van der Waals surface area contributed by atoms with Gasteiger partial charge in [-0.05, 0) is 19.1 Å². The van der Waals surface area contributed by atoms with Gasteiger partial charge in [-0.25, -0.2) is 0 Å². The van der Waals surface area contributed by atoms with Crippen LogP contribution < -0.4 is 5.73 Å². The average molecular weight is 185 g/mol. The molecule has 1 heterocycles. The Hall–Kier alpha value is -1.62. The van der Waals surface area contributed by atoms with Crippen LogP contribution in [0.4, 0.5) is 0 Å². The van der Waals surface area contributed by atoms with Gasteiger partial charge in [0.25, 0.3) is 0 Å². The Morgan fingerprint density at radius 2 is 2.31 bits per heavy atom. The summed E-state index contributed by atoms with van der Waals surface area (Å²) < 4.78 is 4.61. The van der Waals surface area contributed by atoms with Gasteiger partial charge in [0.2, 0.25) is 0 Å². The summed E-state index contributed by atoms with van der Waals surface area (Å²) in [6, 6.07) is 2.54. The monoisotopic (exact) mass is 185 g/mol. The first-order chi connectivity index (χ1) is 6.07. The number of carbonyl (C=O) groups is 2. The molecule has 0 fully saturated rings. The number of aliphatic carboxylic acids is 1. The molecule has 1 unspecified atom stereocenters. The second kappa shape index (κ2) is 5.96. The average Bonchev–Trinajstić information content (AvgIpc) is 2.56. The number of carboxylic acids is 1. The molecule has 0 spiro atoms. The third kappa shape index (κ3) is 5.63. The predicted molar refractivity (Wildman–Crippen MR) is 45.4 cm³/mol. The number of nitrogens with two attached hydrogens (primary N) is 1. The largest absolute Gasteiger partial charge is 0.480 e. The van der Waals surface area contributed by atoms with E-state index in [0.717, 1.165) is 0 Å². The molecular formula is C8H11NO4. The van der Waals surface area contributed by atoms with Crippen LogP contribution in [0.3, 0.4) is 0 Å². The van der Waals surface area contributed by atoms with E-state index in [-0.39, 0.29) is 0 Å². The van der Waals surface area contributed by atoms with E-state index in [1.807, 2.05) is 0 Å². The molecule has 72 valence electrons. The van der Waals surface area contributed by atoms with E-state index in [1.54, 1.807) is 12.1 Å². The van der Waals surface area contributed by atoms with Crippen molar-refractivity contribution in [2.75, 3.05) is 0 Å². The summed E-state index contributed by atoms with van der Waals surface area (Å²) in [5, 5.41) is 7.87. The topological polar surface area (TPSA) is 93.5 Å². The Kier molecular flexibility index (Phi) is 5.22. The lowest BCUT2D eigenvalue weighted by Gasteiger charge is -1.90. The fourth-order valence-electron chi connectivity index (χ4n) is 0.358. The highest BCUT2D eigenvalue weighted by molar-refractivity contribution is 5.72. The third-order valence-corrected chi connectivity index (χ3v) is 1.05. The maximum absolute atomic E-state index is 9.77. The molecule has 0 saturated heterocycles. The van der Waals surface area contributed by atoms with E-state index in [9.17, 15) is 9.59 Å². The molecule has 0 aliphatic heterocycles. The summed E-state index contributed by atoms with van der Waals surface area (Å²) in [7, 11) is 0. The molecule has 0 bridgehead atoms. The fraction of sp³-hybridized carbons (Fsp3) is 0.250. The Bertz CT molecular complexity index is 253. The molecule has 5 nitrogen and oxygen atoms in total. The van der Waals surface area contributed by atoms with Crippen LogP contribution >= 0.6 is 0 Å².